The fourth-order valence-corrected chi connectivity index (χ4v) is 3.90. The highest BCUT2D eigenvalue weighted by atomic mass is 19.1. The normalized spacial score (nSPS) is 13.3. The van der Waals surface area contributed by atoms with Gasteiger partial charge in [0.05, 0.1) is 6.10 Å². The molecule has 2 aromatic rings. The molecule has 2 rings (SSSR count). The van der Waals surface area contributed by atoms with E-state index in [2.05, 4.69) is 6.92 Å². The molecular formula is C28H40F2O2. The van der Waals surface area contributed by atoms with Crippen LogP contribution in [0.15, 0.2) is 24.3 Å². The van der Waals surface area contributed by atoms with Crippen LogP contribution in [0.2, 0.25) is 0 Å². The lowest BCUT2D eigenvalue weighted by molar-refractivity contribution is 0.188. The largest absolute Gasteiger partial charge is 0.507 e. The second kappa shape index (κ2) is 10.2. The van der Waals surface area contributed by atoms with E-state index in [1.165, 1.54) is 12.1 Å². The lowest BCUT2D eigenvalue weighted by Gasteiger charge is -2.28. The third kappa shape index (κ3) is 6.46. The number of unbranched alkanes of at least 4 members (excludes halogenated alkanes) is 3. The first-order valence-corrected chi connectivity index (χ1v) is 11.8. The van der Waals surface area contributed by atoms with Gasteiger partial charge >= 0.3 is 0 Å². The van der Waals surface area contributed by atoms with E-state index < -0.39 is 11.6 Å². The number of hydrogen-bond donors (Lipinski definition) is 1. The van der Waals surface area contributed by atoms with E-state index in [1.54, 1.807) is 0 Å². The predicted molar refractivity (Wildman–Crippen MR) is 130 cm³/mol. The molecule has 0 saturated heterocycles. The van der Waals surface area contributed by atoms with Crippen LogP contribution in [-0.2, 0) is 10.8 Å². The smallest absolute Gasteiger partial charge is 0.191 e. The standard InChI is InChI=1S/C28H40F2O2/c1-9-10-11-12-13-18(2)32-26-23(29)16-20(17-24(26)30)19-14-21(27(3,4)5)25(31)22(15-19)28(6,7)8/h14-18,31H,9-13H2,1-8H3. The fraction of sp³-hybridized carbons (Fsp3) is 0.571. The SMILES string of the molecule is CCCCCCC(C)Oc1c(F)cc(-c2cc(C(C)(C)C)c(O)c(C(C)(C)C)c2)cc1F. The molecule has 0 heterocycles. The Morgan fingerprint density at radius 1 is 0.812 bits per heavy atom. The van der Waals surface area contributed by atoms with E-state index in [4.69, 9.17) is 4.74 Å². The van der Waals surface area contributed by atoms with Gasteiger partial charge in [-0.15, -0.1) is 0 Å². The number of benzene rings is 2. The Labute approximate surface area is 193 Å². The Balaban J connectivity index is 2.43. The molecule has 0 spiro atoms. The Kier molecular flexibility index (Phi) is 8.36. The number of aromatic hydroxyl groups is 1. The summed E-state index contributed by atoms with van der Waals surface area (Å²) < 4.78 is 35.5. The van der Waals surface area contributed by atoms with Crippen molar-refractivity contribution in [3.8, 4) is 22.6 Å². The molecule has 0 aromatic heterocycles. The summed E-state index contributed by atoms with van der Waals surface area (Å²) in [5, 5.41) is 10.9. The van der Waals surface area contributed by atoms with Gasteiger partial charge in [-0.2, -0.15) is 0 Å². The van der Waals surface area contributed by atoms with Crippen LogP contribution >= 0.6 is 0 Å². The number of halogens is 2. The Bertz CT molecular complexity index is 862. The van der Waals surface area contributed by atoms with Crippen molar-refractivity contribution in [2.45, 2.75) is 104 Å². The molecular weight excluding hydrogens is 406 g/mol. The van der Waals surface area contributed by atoms with E-state index in [1.807, 2.05) is 60.6 Å². The van der Waals surface area contributed by atoms with Crippen molar-refractivity contribution in [1.82, 2.24) is 0 Å². The van der Waals surface area contributed by atoms with Gasteiger partial charge in [0.25, 0.3) is 0 Å². The Morgan fingerprint density at radius 2 is 1.28 bits per heavy atom. The van der Waals surface area contributed by atoms with E-state index in [9.17, 15) is 13.9 Å². The Hall–Kier alpha value is -2.10. The zero-order valence-corrected chi connectivity index (χ0v) is 21.0. The summed E-state index contributed by atoms with van der Waals surface area (Å²) >= 11 is 0. The van der Waals surface area contributed by atoms with Crippen molar-refractivity contribution in [1.29, 1.82) is 0 Å². The molecule has 0 saturated carbocycles. The first kappa shape index (κ1) is 26.2. The van der Waals surface area contributed by atoms with Crippen molar-refractivity contribution in [2.75, 3.05) is 0 Å². The first-order valence-electron chi connectivity index (χ1n) is 11.8. The minimum absolute atomic E-state index is 0.242. The maximum absolute atomic E-state index is 14.9. The molecule has 0 radical (unpaired) electrons. The molecule has 0 aliphatic heterocycles. The topological polar surface area (TPSA) is 29.5 Å². The summed E-state index contributed by atoms with van der Waals surface area (Å²) in [6.07, 6.45) is 4.89. The van der Waals surface area contributed by atoms with Crippen molar-refractivity contribution < 1.29 is 18.6 Å². The summed E-state index contributed by atoms with van der Waals surface area (Å²) in [5.74, 6) is -1.49. The highest BCUT2D eigenvalue weighted by Gasteiger charge is 2.27. The first-order chi connectivity index (χ1) is 14.8. The summed E-state index contributed by atoms with van der Waals surface area (Å²) in [6, 6.07) is 6.31. The van der Waals surface area contributed by atoms with Crippen LogP contribution in [0.25, 0.3) is 11.1 Å². The number of phenolic OH excluding ortho intramolecular Hbond substituents is 1. The van der Waals surface area contributed by atoms with Gasteiger partial charge in [-0.05, 0) is 66.0 Å². The number of phenols is 1. The van der Waals surface area contributed by atoms with E-state index in [0.29, 0.717) is 11.1 Å². The van der Waals surface area contributed by atoms with Crippen molar-refractivity contribution in [3.63, 3.8) is 0 Å². The lowest BCUT2D eigenvalue weighted by atomic mass is 9.78. The molecule has 178 valence electrons. The molecule has 1 atom stereocenters. The number of hydrogen-bond acceptors (Lipinski definition) is 2. The van der Waals surface area contributed by atoms with Crippen LogP contribution in [-0.4, -0.2) is 11.2 Å². The maximum atomic E-state index is 14.9. The molecule has 4 heteroatoms. The third-order valence-electron chi connectivity index (χ3n) is 5.84. The highest BCUT2D eigenvalue weighted by molar-refractivity contribution is 5.70. The fourth-order valence-electron chi connectivity index (χ4n) is 3.90. The van der Waals surface area contributed by atoms with Crippen LogP contribution in [0, 0.1) is 11.6 Å². The molecule has 0 aliphatic carbocycles. The van der Waals surface area contributed by atoms with Crippen LogP contribution in [0.3, 0.4) is 0 Å². The Morgan fingerprint density at radius 3 is 1.72 bits per heavy atom. The van der Waals surface area contributed by atoms with Crippen molar-refractivity contribution >= 4 is 0 Å². The van der Waals surface area contributed by atoms with Crippen molar-refractivity contribution in [3.05, 3.63) is 47.0 Å². The van der Waals surface area contributed by atoms with Gasteiger partial charge in [-0.25, -0.2) is 8.78 Å². The predicted octanol–water partition coefficient (Wildman–Crippen LogP) is 8.67. The van der Waals surface area contributed by atoms with Crippen molar-refractivity contribution in [2.24, 2.45) is 0 Å². The van der Waals surface area contributed by atoms with Crippen LogP contribution in [0.4, 0.5) is 8.78 Å². The number of rotatable bonds is 8. The third-order valence-corrected chi connectivity index (χ3v) is 5.84. The molecule has 2 nitrogen and oxygen atoms in total. The van der Waals surface area contributed by atoms with Gasteiger partial charge in [-0.1, -0.05) is 67.7 Å². The van der Waals surface area contributed by atoms with Gasteiger partial charge in [0, 0.05) is 11.1 Å². The number of ether oxygens (including phenoxy) is 1. The lowest BCUT2D eigenvalue weighted by Crippen LogP contribution is -2.17. The summed E-state index contributed by atoms with van der Waals surface area (Å²) in [6.45, 7) is 16.1. The molecule has 1 unspecified atom stereocenters. The zero-order valence-electron chi connectivity index (χ0n) is 21.0. The summed E-state index contributed by atoms with van der Waals surface area (Å²) in [5.41, 5.74) is 1.96. The van der Waals surface area contributed by atoms with E-state index in [-0.39, 0.29) is 28.4 Å². The molecule has 32 heavy (non-hydrogen) atoms. The highest BCUT2D eigenvalue weighted by Crippen LogP contribution is 2.42. The summed E-state index contributed by atoms with van der Waals surface area (Å²) in [4.78, 5) is 0. The van der Waals surface area contributed by atoms with Gasteiger partial charge in [0.1, 0.15) is 5.75 Å². The molecule has 0 aliphatic rings. The van der Waals surface area contributed by atoms with Crippen LogP contribution in [0.5, 0.6) is 11.5 Å². The van der Waals surface area contributed by atoms with E-state index in [0.717, 1.165) is 43.2 Å². The minimum Gasteiger partial charge on any atom is -0.507 e. The van der Waals surface area contributed by atoms with Crippen LogP contribution in [0.1, 0.15) is 98.6 Å². The average molecular weight is 447 g/mol. The molecule has 0 fully saturated rings. The van der Waals surface area contributed by atoms with Gasteiger partial charge in [-0.3, -0.25) is 0 Å². The average Bonchev–Trinajstić information content (AvgIpc) is 2.66. The van der Waals surface area contributed by atoms with Gasteiger partial charge in [0.15, 0.2) is 17.4 Å². The molecule has 2 aromatic carbocycles. The van der Waals surface area contributed by atoms with Gasteiger partial charge in [0.2, 0.25) is 0 Å². The van der Waals surface area contributed by atoms with Crippen LogP contribution < -0.4 is 4.74 Å². The molecule has 0 amide bonds. The zero-order chi connectivity index (χ0) is 24.3. The van der Waals surface area contributed by atoms with E-state index >= 15 is 0 Å². The summed E-state index contributed by atoms with van der Waals surface area (Å²) in [7, 11) is 0. The molecule has 0 bridgehead atoms. The molecule has 1 N–H and O–H groups in total. The second-order valence-electron chi connectivity index (χ2n) is 11.0. The monoisotopic (exact) mass is 446 g/mol. The second-order valence-corrected chi connectivity index (χ2v) is 11.0. The van der Waals surface area contributed by atoms with Gasteiger partial charge < -0.3 is 9.84 Å². The maximum Gasteiger partial charge on any atom is 0.191 e. The minimum atomic E-state index is -0.705. The quantitative estimate of drug-likeness (QED) is 0.411.